The van der Waals surface area contributed by atoms with Crippen LogP contribution in [0.2, 0.25) is 0 Å². The fourth-order valence-corrected chi connectivity index (χ4v) is 2.39. The number of carbonyl (C=O) groups is 2. The first-order chi connectivity index (χ1) is 11.4. The predicted molar refractivity (Wildman–Crippen MR) is 93.0 cm³/mol. The van der Waals surface area contributed by atoms with E-state index in [9.17, 15) is 14.7 Å². The summed E-state index contributed by atoms with van der Waals surface area (Å²) in [7, 11) is 1.52. The van der Waals surface area contributed by atoms with E-state index in [1.54, 1.807) is 18.2 Å². The van der Waals surface area contributed by atoms with E-state index >= 15 is 0 Å². The largest absolute Gasteiger partial charge is 0.493 e. The van der Waals surface area contributed by atoms with E-state index in [1.807, 2.05) is 13.0 Å². The molecule has 0 heterocycles. The van der Waals surface area contributed by atoms with Crippen molar-refractivity contribution in [2.75, 3.05) is 19.0 Å². The predicted octanol–water partition coefficient (Wildman–Crippen LogP) is 3.48. The first-order valence-electron chi connectivity index (χ1n) is 7.01. The van der Waals surface area contributed by atoms with Gasteiger partial charge in [-0.1, -0.05) is 22.0 Å². The molecular weight excluding hydrogens is 378 g/mol. The van der Waals surface area contributed by atoms with Gasteiger partial charge in [0.1, 0.15) is 0 Å². The molecule has 24 heavy (non-hydrogen) atoms. The third kappa shape index (κ3) is 4.48. The van der Waals surface area contributed by atoms with Crippen molar-refractivity contribution in [3.05, 3.63) is 52.0 Å². The molecule has 0 aliphatic rings. The molecule has 0 aliphatic heterocycles. The van der Waals surface area contributed by atoms with E-state index in [1.165, 1.54) is 19.2 Å². The Labute approximate surface area is 147 Å². The Morgan fingerprint density at radius 1 is 1.17 bits per heavy atom. The van der Waals surface area contributed by atoms with Crippen LogP contribution in [0.3, 0.4) is 0 Å². The van der Waals surface area contributed by atoms with Gasteiger partial charge < -0.3 is 19.9 Å². The molecule has 1 amide bonds. The highest BCUT2D eigenvalue weighted by molar-refractivity contribution is 9.10. The Bertz CT molecular complexity index is 776. The molecule has 6 nitrogen and oxygen atoms in total. The van der Waals surface area contributed by atoms with Crippen molar-refractivity contribution >= 4 is 33.5 Å². The molecule has 0 fully saturated rings. The number of ether oxygens (including phenoxy) is 2. The topological polar surface area (TPSA) is 84.9 Å². The van der Waals surface area contributed by atoms with Gasteiger partial charge in [-0.2, -0.15) is 0 Å². The SMILES string of the molecule is COc1cc(C)ccc1OCC(=O)Nc1ccc(Br)cc1C(=O)O. The van der Waals surface area contributed by atoms with Crippen molar-refractivity contribution in [1.29, 1.82) is 0 Å². The highest BCUT2D eigenvalue weighted by atomic mass is 79.9. The number of nitrogens with one attached hydrogen (secondary N) is 1. The first-order valence-corrected chi connectivity index (χ1v) is 7.80. The third-order valence-corrected chi connectivity index (χ3v) is 3.66. The van der Waals surface area contributed by atoms with E-state index in [4.69, 9.17) is 9.47 Å². The van der Waals surface area contributed by atoms with Gasteiger partial charge in [-0.25, -0.2) is 4.79 Å². The van der Waals surface area contributed by atoms with Gasteiger partial charge in [-0.05, 0) is 42.8 Å². The monoisotopic (exact) mass is 393 g/mol. The summed E-state index contributed by atoms with van der Waals surface area (Å²) in [6.45, 7) is 1.65. The van der Waals surface area contributed by atoms with Crippen LogP contribution in [0, 0.1) is 6.92 Å². The quantitative estimate of drug-likeness (QED) is 0.784. The number of rotatable bonds is 6. The zero-order valence-corrected chi connectivity index (χ0v) is 14.7. The molecular formula is C17H16BrNO5. The lowest BCUT2D eigenvalue weighted by molar-refractivity contribution is -0.118. The van der Waals surface area contributed by atoms with E-state index in [0.29, 0.717) is 16.0 Å². The first kappa shape index (κ1) is 17.8. The molecule has 7 heteroatoms. The molecule has 2 rings (SSSR count). The van der Waals surface area contributed by atoms with Crippen molar-refractivity contribution in [2.45, 2.75) is 6.92 Å². The van der Waals surface area contributed by atoms with Gasteiger partial charge in [0.05, 0.1) is 18.4 Å². The van der Waals surface area contributed by atoms with Crippen LogP contribution in [-0.2, 0) is 4.79 Å². The molecule has 0 saturated carbocycles. The van der Waals surface area contributed by atoms with Crippen LogP contribution >= 0.6 is 15.9 Å². The lowest BCUT2D eigenvalue weighted by atomic mass is 10.2. The fraction of sp³-hybridized carbons (Fsp3) is 0.176. The number of hydrogen-bond donors (Lipinski definition) is 2. The van der Waals surface area contributed by atoms with Gasteiger partial charge in [0.15, 0.2) is 18.1 Å². The van der Waals surface area contributed by atoms with Crippen LogP contribution in [0.1, 0.15) is 15.9 Å². The average molecular weight is 394 g/mol. The molecule has 0 aromatic heterocycles. The number of hydrogen-bond acceptors (Lipinski definition) is 4. The molecule has 126 valence electrons. The molecule has 0 aliphatic carbocycles. The molecule has 0 unspecified atom stereocenters. The second-order valence-electron chi connectivity index (χ2n) is 4.99. The van der Waals surface area contributed by atoms with Gasteiger partial charge in [-0.3, -0.25) is 4.79 Å². The standard InChI is InChI=1S/C17H16BrNO5/c1-10-3-6-14(15(7-10)23-2)24-9-16(20)19-13-5-4-11(18)8-12(13)17(21)22/h3-8H,9H2,1-2H3,(H,19,20)(H,21,22). The minimum Gasteiger partial charge on any atom is -0.493 e. The normalized spacial score (nSPS) is 10.1. The van der Waals surface area contributed by atoms with Crippen molar-refractivity contribution in [3.8, 4) is 11.5 Å². The zero-order chi connectivity index (χ0) is 17.7. The lowest BCUT2D eigenvalue weighted by Gasteiger charge is -2.12. The Balaban J connectivity index is 2.06. The van der Waals surface area contributed by atoms with Crippen molar-refractivity contribution in [2.24, 2.45) is 0 Å². The van der Waals surface area contributed by atoms with Crippen LogP contribution in [0.5, 0.6) is 11.5 Å². The summed E-state index contributed by atoms with van der Waals surface area (Å²) in [5.41, 5.74) is 1.20. The van der Waals surface area contributed by atoms with Gasteiger partial charge in [0.2, 0.25) is 0 Å². The van der Waals surface area contributed by atoms with E-state index in [0.717, 1.165) is 5.56 Å². The molecule has 2 aromatic rings. The number of methoxy groups -OCH3 is 1. The van der Waals surface area contributed by atoms with Gasteiger partial charge in [0.25, 0.3) is 5.91 Å². The Morgan fingerprint density at radius 2 is 1.92 bits per heavy atom. The Kier molecular flexibility index (Phi) is 5.81. The number of aryl methyl sites for hydroxylation is 1. The Morgan fingerprint density at radius 3 is 2.58 bits per heavy atom. The van der Waals surface area contributed by atoms with E-state index < -0.39 is 11.9 Å². The maximum atomic E-state index is 12.0. The minimum absolute atomic E-state index is 0.00867. The molecule has 0 spiro atoms. The summed E-state index contributed by atoms with van der Waals surface area (Å²) >= 11 is 3.20. The summed E-state index contributed by atoms with van der Waals surface area (Å²) < 4.78 is 11.3. The van der Waals surface area contributed by atoms with Crippen LogP contribution in [-0.4, -0.2) is 30.7 Å². The van der Waals surface area contributed by atoms with Gasteiger partial charge in [0, 0.05) is 4.47 Å². The van der Waals surface area contributed by atoms with Crippen LogP contribution in [0.15, 0.2) is 40.9 Å². The third-order valence-electron chi connectivity index (χ3n) is 3.16. The number of amides is 1. The van der Waals surface area contributed by atoms with Crippen LogP contribution in [0.25, 0.3) is 0 Å². The lowest BCUT2D eigenvalue weighted by Crippen LogP contribution is -2.21. The van der Waals surface area contributed by atoms with E-state index in [2.05, 4.69) is 21.2 Å². The van der Waals surface area contributed by atoms with Gasteiger partial charge >= 0.3 is 5.97 Å². The molecule has 0 atom stereocenters. The maximum absolute atomic E-state index is 12.0. The summed E-state index contributed by atoms with van der Waals surface area (Å²) in [5.74, 6) is -0.639. The summed E-state index contributed by atoms with van der Waals surface area (Å²) in [4.78, 5) is 23.3. The second kappa shape index (κ2) is 7.83. The zero-order valence-electron chi connectivity index (χ0n) is 13.1. The number of benzene rings is 2. The number of carboxylic acid groups (broad SMARTS) is 1. The van der Waals surface area contributed by atoms with Crippen molar-refractivity contribution < 1.29 is 24.2 Å². The molecule has 0 radical (unpaired) electrons. The summed E-state index contributed by atoms with van der Waals surface area (Å²) in [6, 6.07) is 9.92. The highest BCUT2D eigenvalue weighted by Gasteiger charge is 2.14. The smallest absolute Gasteiger partial charge is 0.337 e. The van der Waals surface area contributed by atoms with Crippen molar-refractivity contribution in [1.82, 2.24) is 0 Å². The average Bonchev–Trinajstić information content (AvgIpc) is 2.55. The second-order valence-corrected chi connectivity index (χ2v) is 5.90. The number of carbonyl (C=O) groups excluding carboxylic acids is 1. The molecule has 0 saturated heterocycles. The molecule has 2 N–H and O–H groups in total. The fourth-order valence-electron chi connectivity index (χ4n) is 2.03. The number of carboxylic acids is 1. The summed E-state index contributed by atoms with van der Waals surface area (Å²) in [6.07, 6.45) is 0. The molecule has 0 bridgehead atoms. The maximum Gasteiger partial charge on any atom is 0.337 e. The highest BCUT2D eigenvalue weighted by Crippen LogP contribution is 2.28. The molecule has 2 aromatic carbocycles. The number of anilines is 1. The van der Waals surface area contributed by atoms with Crippen LogP contribution < -0.4 is 14.8 Å². The Hall–Kier alpha value is -2.54. The van der Waals surface area contributed by atoms with Crippen LogP contribution in [0.4, 0.5) is 5.69 Å². The number of halogens is 1. The van der Waals surface area contributed by atoms with E-state index in [-0.39, 0.29) is 17.9 Å². The minimum atomic E-state index is -1.13. The summed E-state index contributed by atoms with van der Waals surface area (Å²) in [5, 5.41) is 11.7. The van der Waals surface area contributed by atoms with Gasteiger partial charge in [-0.15, -0.1) is 0 Å². The number of aromatic carboxylic acids is 1. The van der Waals surface area contributed by atoms with Crippen molar-refractivity contribution in [3.63, 3.8) is 0 Å².